The molecule has 9 nitrogen and oxygen atoms in total. The lowest BCUT2D eigenvalue weighted by atomic mass is 10.0. The van der Waals surface area contributed by atoms with Gasteiger partial charge in [-0.1, -0.05) is 36.4 Å². The number of hydrogen-bond acceptors (Lipinski definition) is 9. The van der Waals surface area contributed by atoms with Gasteiger partial charge in [-0.2, -0.15) is 0 Å². The van der Waals surface area contributed by atoms with Gasteiger partial charge in [0.2, 0.25) is 11.6 Å². The fourth-order valence-electron chi connectivity index (χ4n) is 2.78. The quantitative estimate of drug-likeness (QED) is 0.188. The van der Waals surface area contributed by atoms with Gasteiger partial charge in [0, 0.05) is 11.1 Å². The third-order valence-corrected chi connectivity index (χ3v) is 4.49. The molecule has 0 atom stereocenters. The van der Waals surface area contributed by atoms with Crippen molar-refractivity contribution >= 4 is 35.1 Å². The fraction of sp³-hybridized carbons (Fsp3) is 0.280. The summed E-state index contributed by atoms with van der Waals surface area (Å²) in [6.07, 6.45) is -1.18. The molecular weight excluding hydrogens is 444 g/mol. The number of rotatable bonds is 13. The number of ether oxygens (including phenoxy) is 3. The number of Topliss-reactive ketones (excluding diaryl/α,β-unsaturated/α-hetero) is 4. The van der Waals surface area contributed by atoms with Crippen LogP contribution in [0.5, 0.6) is 5.75 Å². The average molecular weight is 468 g/mol. The Morgan fingerprint density at radius 2 is 1.21 bits per heavy atom. The van der Waals surface area contributed by atoms with Gasteiger partial charge in [0.1, 0.15) is 12.4 Å². The van der Waals surface area contributed by atoms with Crippen LogP contribution in [0.3, 0.4) is 0 Å². The Kier molecular flexibility index (Phi) is 9.82. The normalized spacial score (nSPS) is 10.2. The van der Waals surface area contributed by atoms with Crippen molar-refractivity contribution in [3.63, 3.8) is 0 Å². The molecule has 2 aromatic carbocycles. The first-order valence-corrected chi connectivity index (χ1v) is 10.5. The Bertz CT molecular complexity index is 1080. The SMILES string of the molecule is CCOC(=O)C(=O)CC(=O)c1ccc(COc2cccc(C(=O)CC(=O)C(=O)OCC)c2)cc1. The van der Waals surface area contributed by atoms with E-state index < -0.39 is 47.9 Å². The molecule has 0 amide bonds. The van der Waals surface area contributed by atoms with E-state index in [0.29, 0.717) is 11.3 Å². The first kappa shape index (κ1) is 26.1. The molecule has 0 bridgehead atoms. The summed E-state index contributed by atoms with van der Waals surface area (Å²) in [5.41, 5.74) is 1.19. The van der Waals surface area contributed by atoms with Crippen LogP contribution in [0.15, 0.2) is 48.5 Å². The van der Waals surface area contributed by atoms with Gasteiger partial charge in [0.15, 0.2) is 11.6 Å². The number of carbonyl (C=O) groups is 6. The molecule has 34 heavy (non-hydrogen) atoms. The highest BCUT2D eigenvalue weighted by Gasteiger charge is 2.21. The lowest BCUT2D eigenvalue weighted by Gasteiger charge is -2.09. The van der Waals surface area contributed by atoms with E-state index in [-0.39, 0.29) is 30.9 Å². The van der Waals surface area contributed by atoms with Crippen LogP contribution in [0, 0.1) is 0 Å². The van der Waals surface area contributed by atoms with Crippen molar-refractivity contribution in [2.24, 2.45) is 0 Å². The van der Waals surface area contributed by atoms with Crippen LogP contribution in [0.1, 0.15) is 53.0 Å². The largest absolute Gasteiger partial charge is 0.489 e. The van der Waals surface area contributed by atoms with Gasteiger partial charge in [-0.05, 0) is 31.5 Å². The summed E-state index contributed by atoms with van der Waals surface area (Å²) in [6, 6.07) is 12.5. The van der Waals surface area contributed by atoms with Crippen LogP contribution < -0.4 is 4.74 Å². The smallest absolute Gasteiger partial charge is 0.375 e. The Labute approximate surface area is 196 Å². The van der Waals surface area contributed by atoms with Crippen LogP contribution >= 0.6 is 0 Å². The third kappa shape index (κ3) is 7.77. The van der Waals surface area contributed by atoms with E-state index in [1.165, 1.54) is 24.3 Å². The van der Waals surface area contributed by atoms with Crippen LogP contribution in [-0.2, 0) is 35.3 Å². The Morgan fingerprint density at radius 3 is 1.74 bits per heavy atom. The highest BCUT2D eigenvalue weighted by molar-refractivity contribution is 6.38. The first-order valence-electron chi connectivity index (χ1n) is 10.5. The number of benzene rings is 2. The minimum Gasteiger partial charge on any atom is -0.489 e. The molecular formula is C25H24O9. The molecule has 0 heterocycles. The standard InChI is InChI=1S/C25H24O9/c1-3-32-24(30)22(28)13-20(26)17-10-8-16(9-11-17)15-34-19-7-5-6-18(12-19)21(27)14-23(29)25(31)33-4-2/h5-12H,3-4,13-15H2,1-2H3. The van der Waals surface area contributed by atoms with Crippen molar-refractivity contribution in [3.05, 3.63) is 65.2 Å². The molecule has 178 valence electrons. The van der Waals surface area contributed by atoms with E-state index in [1.54, 1.807) is 38.1 Å². The first-order chi connectivity index (χ1) is 16.2. The predicted molar refractivity (Wildman–Crippen MR) is 118 cm³/mol. The molecule has 0 spiro atoms. The Hall–Kier alpha value is -4.14. The second kappa shape index (κ2) is 12.8. The molecule has 0 saturated heterocycles. The molecule has 9 heteroatoms. The highest BCUT2D eigenvalue weighted by Crippen LogP contribution is 2.17. The van der Waals surface area contributed by atoms with Gasteiger partial charge in [-0.15, -0.1) is 0 Å². The zero-order chi connectivity index (χ0) is 25.1. The second-order valence-electron chi connectivity index (χ2n) is 7.00. The van der Waals surface area contributed by atoms with Crippen LogP contribution in [0.2, 0.25) is 0 Å². The summed E-state index contributed by atoms with van der Waals surface area (Å²) in [7, 11) is 0. The molecule has 0 fully saturated rings. The molecule has 2 aromatic rings. The highest BCUT2D eigenvalue weighted by atomic mass is 16.5. The molecule has 0 radical (unpaired) electrons. The summed E-state index contributed by atoms with van der Waals surface area (Å²) in [5.74, 6) is -4.58. The number of ketones is 4. The lowest BCUT2D eigenvalue weighted by Crippen LogP contribution is -2.20. The van der Waals surface area contributed by atoms with Gasteiger partial charge in [0.25, 0.3) is 0 Å². The number of hydrogen-bond donors (Lipinski definition) is 0. The number of esters is 2. The molecule has 0 aliphatic heterocycles. The molecule has 0 saturated carbocycles. The van der Waals surface area contributed by atoms with Gasteiger partial charge >= 0.3 is 11.9 Å². The Morgan fingerprint density at radius 1 is 0.676 bits per heavy atom. The topological polar surface area (TPSA) is 130 Å². The van der Waals surface area contributed by atoms with Crippen molar-refractivity contribution < 1.29 is 43.0 Å². The van der Waals surface area contributed by atoms with Crippen molar-refractivity contribution in [2.45, 2.75) is 33.3 Å². The third-order valence-electron chi connectivity index (χ3n) is 4.49. The van der Waals surface area contributed by atoms with Crippen molar-refractivity contribution in [1.82, 2.24) is 0 Å². The average Bonchev–Trinajstić information content (AvgIpc) is 2.83. The predicted octanol–water partition coefficient (Wildman–Crippen LogP) is 2.68. The maximum atomic E-state index is 12.3. The number of carbonyl (C=O) groups excluding carboxylic acids is 6. The van der Waals surface area contributed by atoms with Crippen LogP contribution in [0.25, 0.3) is 0 Å². The summed E-state index contributed by atoms with van der Waals surface area (Å²) >= 11 is 0. The van der Waals surface area contributed by atoms with E-state index in [1.807, 2.05) is 0 Å². The summed E-state index contributed by atoms with van der Waals surface area (Å²) in [6.45, 7) is 3.34. The van der Waals surface area contributed by atoms with Crippen LogP contribution in [-0.4, -0.2) is 48.3 Å². The van der Waals surface area contributed by atoms with Gasteiger partial charge in [0.05, 0.1) is 26.1 Å². The summed E-state index contributed by atoms with van der Waals surface area (Å²) in [4.78, 5) is 70.6. The van der Waals surface area contributed by atoms with Crippen molar-refractivity contribution in [1.29, 1.82) is 0 Å². The van der Waals surface area contributed by atoms with Gasteiger partial charge in [-0.3, -0.25) is 19.2 Å². The molecule has 0 unspecified atom stereocenters. The minimum atomic E-state index is -1.05. The molecule has 0 N–H and O–H groups in total. The molecule has 0 aromatic heterocycles. The zero-order valence-electron chi connectivity index (χ0n) is 18.8. The van der Waals surface area contributed by atoms with Gasteiger partial charge < -0.3 is 14.2 Å². The monoisotopic (exact) mass is 468 g/mol. The minimum absolute atomic E-state index is 0.0446. The van der Waals surface area contributed by atoms with E-state index in [2.05, 4.69) is 9.47 Å². The fourth-order valence-corrected chi connectivity index (χ4v) is 2.78. The van der Waals surface area contributed by atoms with E-state index in [0.717, 1.165) is 0 Å². The lowest BCUT2D eigenvalue weighted by molar-refractivity contribution is -0.153. The van der Waals surface area contributed by atoms with E-state index >= 15 is 0 Å². The zero-order valence-corrected chi connectivity index (χ0v) is 18.8. The summed E-state index contributed by atoms with van der Waals surface area (Å²) < 4.78 is 14.8. The summed E-state index contributed by atoms with van der Waals surface area (Å²) in [5, 5.41) is 0. The molecule has 0 aliphatic rings. The maximum Gasteiger partial charge on any atom is 0.375 e. The van der Waals surface area contributed by atoms with E-state index in [9.17, 15) is 28.8 Å². The van der Waals surface area contributed by atoms with E-state index in [4.69, 9.17) is 4.74 Å². The molecule has 2 rings (SSSR count). The second-order valence-corrected chi connectivity index (χ2v) is 7.00. The van der Waals surface area contributed by atoms with Gasteiger partial charge in [-0.25, -0.2) is 9.59 Å². The molecule has 0 aliphatic carbocycles. The van der Waals surface area contributed by atoms with Crippen LogP contribution in [0.4, 0.5) is 0 Å². The van der Waals surface area contributed by atoms with Crippen molar-refractivity contribution in [2.75, 3.05) is 13.2 Å². The Balaban J connectivity index is 1.93. The maximum absolute atomic E-state index is 12.3. The van der Waals surface area contributed by atoms with Crippen molar-refractivity contribution in [3.8, 4) is 5.75 Å².